The van der Waals surface area contributed by atoms with E-state index in [2.05, 4.69) is 30.9 Å². The van der Waals surface area contributed by atoms with E-state index in [1.54, 1.807) is 6.07 Å². The summed E-state index contributed by atoms with van der Waals surface area (Å²) < 4.78 is 1.89. The summed E-state index contributed by atoms with van der Waals surface area (Å²) in [6.45, 7) is 6.26. The number of nitrogens with zero attached hydrogens (tertiary/aromatic N) is 3. The zero-order chi connectivity index (χ0) is 10.3. The topological polar surface area (TPSA) is 56.7 Å². The number of hydrogen-bond donors (Lipinski definition) is 1. The van der Waals surface area contributed by atoms with E-state index in [1.165, 1.54) is 0 Å². The smallest absolute Gasteiger partial charge is 0.160 e. The van der Waals surface area contributed by atoms with Gasteiger partial charge in [-0.05, 0) is 32.9 Å². The minimum absolute atomic E-state index is 0.0669. The first-order chi connectivity index (χ1) is 6.48. The lowest BCUT2D eigenvalue weighted by Gasteiger charge is -2.19. The Labute approximate surface area is 82.7 Å². The molecule has 0 aliphatic rings. The molecule has 0 saturated carbocycles. The zero-order valence-corrected chi connectivity index (χ0v) is 8.65. The molecule has 2 aromatic rings. The van der Waals surface area contributed by atoms with Crippen molar-refractivity contribution in [3.8, 4) is 0 Å². The zero-order valence-electron chi connectivity index (χ0n) is 8.65. The first kappa shape index (κ1) is 8.99. The highest BCUT2D eigenvalue weighted by Gasteiger charge is 2.17. The van der Waals surface area contributed by atoms with Gasteiger partial charge in [0.05, 0.1) is 11.7 Å². The van der Waals surface area contributed by atoms with E-state index in [-0.39, 0.29) is 5.54 Å². The largest absolute Gasteiger partial charge is 0.384 e. The Balaban J connectivity index is 2.73. The van der Waals surface area contributed by atoms with Crippen LogP contribution in [0.2, 0.25) is 0 Å². The van der Waals surface area contributed by atoms with Crippen molar-refractivity contribution in [2.45, 2.75) is 26.3 Å². The normalized spacial score (nSPS) is 12.2. The minimum Gasteiger partial charge on any atom is -0.384 e. The van der Waals surface area contributed by atoms with Crippen molar-refractivity contribution >= 4 is 16.9 Å². The van der Waals surface area contributed by atoms with Crippen LogP contribution in [0.15, 0.2) is 18.3 Å². The Morgan fingerprint density at radius 2 is 2.00 bits per heavy atom. The van der Waals surface area contributed by atoms with Gasteiger partial charge in [0.25, 0.3) is 0 Å². The monoisotopic (exact) mass is 190 g/mol. The number of pyridine rings is 1. The third-order valence-electron chi connectivity index (χ3n) is 2.08. The van der Waals surface area contributed by atoms with Crippen molar-refractivity contribution in [2.24, 2.45) is 0 Å². The Bertz CT molecular complexity index is 464. The fourth-order valence-corrected chi connectivity index (χ4v) is 1.41. The average molecular weight is 190 g/mol. The molecule has 0 spiro atoms. The van der Waals surface area contributed by atoms with Crippen LogP contribution in [-0.2, 0) is 5.54 Å². The second-order valence-corrected chi connectivity index (χ2v) is 4.38. The minimum atomic E-state index is -0.0669. The van der Waals surface area contributed by atoms with Crippen LogP contribution in [-0.4, -0.2) is 14.8 Å². The molecule has 0 fully saturated rings. The van der Waals surface area contributed by atoms with Crippen LogP contribution in [0.25, 0.3) is 11.0 Å². The summed E-state index contributed by atoms with van der Waals surface area (Å²) in [4.78, 5) is 4.28. The number of aromatic nitrogens is 3. The van der Waals surface area contributed by atoms with Crippen LogP contribution in [0.5, 0.6) is 0 Å². The van der Waals surface area contributed by atoms with Gasteiger partial charge in [-0.15, -0.1) is 0 Å². The molecule has 0 unspecified atom stereocenters. The predicted molar refractivity (Wildman–Crippen MR) is 56.9 cm³/mol. The molecule has 0 aliphatic heterocycles. The lowest BCUT2D eigenvalue weighted by molar-refractivity contribution is 0.366. The van der Waals surface area contributed by atoms with E-state index in [0.29, 0.717) is 5.82 Å². The maximum absolute atomic E-state index is 5.64. The van der Waals surface area contributed by atoms with Crippen molar-refractivity contribution < 1.29 is 0 Å². The molecule has 74 valence electrons. The van der Waals surface area contributed by atoms with E-state index >= 15 is 0 Å². The Morgan fingerprint density at radius 3 is 2.64 bits per heavy atom. The van der Waals surface area contributed by atoms with Gasteiger partial charge in [0, 0.05) is 5.39 Å². The van der Waals surface area contributed by atoms with Crippen molar-refractivity contribution in [3.05, 3.63) is 18.3 Å². The van der Waals surface area contributed by atoms with Crippen LogP contribution in [0.1, 0.15) is 20.8 Å². The van der Waals surface area contributed by atoms with Gasteiger partial charge in [0.2, 0.25) is 0 Å². The number of anilines is 1. The van der Waals surface area contributed by atoms with Crippen molar-refractivity contribution in [1.82, 2.24) is 14.8 Å². The van der Waals surface area contributed by atoms with Gasteiger partial charge >= 0.3 is 0 Å². The summed E-state index contributed by atoms with van der Waals surface area (Å²) in [6, 6.07) is 3.73. The summed E-state index contributed by atoms with van der Waals surface area (Å²) in [7, 11) is 0. The number of hydrogen-bond acceptors (Lipinski definition) is 3. The summed E-state index contributed by atoms with van der Waals surface area (Å²) in [5, 5.41) is 5.33. The van der Waals surface area contributed by atoms with E-state index in [1.807, 2.05) is 16.9 Å². The molecule has 0 aromatic carbocycles. The molecule has 0 bridgehead atoms. The van der Waals surface area contributed by atoms with Crippen LogP contribution in [0, 0.1) is 0 Å². The molecule has 0 saturated heterocycles. The van der Waals surface area contributed by atoms with E-state index < -0.39 is 0 Å². The quantitative estimate of drug-likeness (QED) is 0.688. The Morgan fingerprint density at radius 1 is 1.29 bits per heavy atom. The fraction of sp³-hybridized carbons (Fsp3) is 0.400. The number of nitrogens with two attached hydrogens (primary N) is 1. The van der Waals surface area contributed by atoms with E-state index in [0.717, 1.165) is 11.0 Å². The molecule has 14 heavy (non-hydrogen) atoms. The van der Waals surface area contributed by atoms with Crippen molar-refractivity contribution in [2.75, 3.05) is 5.73 Å². The molecule has 0 aliphatic carbocycles. The number of nitrogen functional groups attached to an aromatic ring is 1. The van der Waals surface area contributed by atoms with Crippen molar-refractivity contribution in [1.29, 1.82) is 0 Å². The third-order valence-corrected chi connectivity index (χ3v) is 2.08. The van der Waals surface area contributed by atoms with E-state index in [4.69, 9.17) is 5.73 Å². The average Bonchev–Trinajstić information content (AvgIpc) is 2.45. The first-order valence-electron chi connectivity index (χ1n) is 4.59. The highest BCUT2D eigenvalue weighted by Crippen LogP contribution is 2.20. The summed E-state index contributed by atoms with van der Waals surface area (Å²) in [6.07, 6.45) is 1.81. The summed E-state index contributed by atoms with van der Waals surface area (Å²) in [5.74, 6) is 0.531. The molecule has 2 N–H and O–H groups in total. The van der Waals surface area contributed by atoms with Gasteiger partial charge in [0.1, 0.15) is 5.82 Å². The molecule has 0 atom stereocenters. The molecule has 4 heteroatoms. The van der Waals surface area contributed by atoms with Crippen molar-refractivity contribution in [3.63, 3.8) is 0 Å². The predicted octanol–water partition coefficient (Wildman–Crippen LogP) is 1.77. The molecule has 0 amide bonds. The van der Waals surface area contributed by atoms with Gasteiger partial charge in [0.15, 0.2) is 5.65 Å². The highest BCUT2D eigenvalue weighted by molar-refractivity contribution is 5.76. The third kappa shape index (κ3) is 1.32. The summed E-state index contributed by atoms with van der Waals surface area (Å²) >= 11 is 0. The number of fused-ring (bicyclic) bond motifs is 1. The maximum atomic E-state index is 5.64. The molecular formula is C10H14N4. The molecule has 0 radical (unpaired) electrons. The van der Waals surface area contributed by atoms with Gasteiger partial charge < -0.3 is 5.73 Å². The lowest BCUT2D eigenvalue weighted by Crippen LogP contribution is -2.23. The van der Waals surface area contributed by atoms with Crippen LogP contribution < -0.4 is 5.73 Å². The fourth-order valence-electron chi connectivity index (χ4n) is 1.41. The van der Waals surface area contributed by atoms with Gasteiger partial charge in [-0.3, -0.25) is 0 Å². The van der Waals surface area contributed by atoms with Crippen LogP contribution in [0.4, 0.5) is 5.82 Å². The van der Waals surface area contributed by atoms with Gasteiger partial charge in [-0.1, -0.05) is 0 Å². The first-order valence-corrected chi connectivity index (χ1v) is 4.59. The molecule has 2 rings (SSSR count). The lowest BCUT2D eigenvalue weighted by atomic mass is 10.1. The maximum Gasteiger partial charge on any atom is 0.160 e. The standard InChI is InChI=1S/C10H14N4/c1-10(2,3)14-9-7(6-12-14)4-5-8(11)13-9/h4-6H,1-3H3,(H2,11,13). The van der Waals surface area contributed by atoms with Gasteiger partial charge in [-0.25, -0.2) is 9.67 Å². The molecule has 4 nitrogen and oxygen atoms in total. The molecule has 2 aromatic heterocycles. The van der Waals surface area contributed by atoms with E-state index in [9.17, 15) is 0 Å². The second-order valence-electron chi connectivity index (χ2n) is 4.38. The van der Waals surface area contributed by atoms with Crippen LogP contribution >= 0.6 is 0 Å². The van der Waals surface area contributed by atoms with Gasteiger partial charge in [-0.2, -0.15) is 5.10 Å². The SMILES string of the molecule is CC(C)(C)n1ncc2ccc(N)nc21. The Hall–Kier alpha value is -1.58. The summed E-state index contributed by atoms with van der Waals surface area (Å²) in [5.41, 5.74) is 6.42. The Kier molecular flexibility index (Phi) is 1.74. The highest BCUT2D eigenvalue weighted by atomic mass is 15.3. The second kappa shape index (κ2) is 2.70. The number of rotatable bonds is 0. The molecule has 2 heterocycles. The van der Waals surface area contributed by atoms with Crippen LogP contribution in [0.3, 0.4) is 0 Å². The molecular weight excluding hydrogens is 176 g/mol.